The summed E-state index contributed by atoms with van der Waals surface area (Å²) in [5, 5.41) is 3.45. The summed E-state index contributed by atoms with van der Waals surface area (Å²) >= 11 is 0. The minimum Gasteiger partial charge on any atom is -0.377 e. The lowest BCUT2D eigenvalue weighted by atomic mass is 10.1. The first kappa shape index (κ1) is 11.1. The maximum absolute atomic E-state index is 5.65. The van der Waals surface area contributed by atoms with Crippen molar-refractivity contribution < 1.29 is 9.47 Å². The minimum atomic E-state index is 0.434. The smallest absolute Gasteiger partial charge is 0.0699 e. The van der Waals surface area contributed by atoms with Gasteiger partial charge in [0.25, 0.3) is 0 Å². The molecule has 2 heterocycles. The van der Waals surface area contributed by atoms with Crippen molar-refractivity contribution in [3.63, 3.8) is 0 Å². The van der Waals surface area contributed by atoms with Crippen LogP contribution in [0.15, 0.2) is 11.6 Å². The van der Waals surface area contributed by atoms with E-state index in [1.54, 1.807) is 0 Å². The molecule has 1 saturated heterocycles. The zero-order valence-electron chi connectivity index (χ0n) is 9.34. The van der Waals surface area contributed by atoms with E-state index in [0.29, 0.717) is 6.10 Å². The molecule has 0 saturated carbocycles. The van der Waals surface area contributed by atoms with E-state index in [1.165, 1.54) is 24.8 Å². The van der Waals surface area contributed by atoms with Gasteiger partial charge in [-0.25, -0.2) is 0 Å². The lowest BCUT2D eigenvalue weighted by Crippen LogP contribution is -2.33. The van der Waals surface area contributed by atoms with Crippen molar-refractivity contribution in [1.82, 2.24) is 5.32 Å². The minimum absolute atomic E-state index is 0.434. The molecule has 1 fully saturated rings. The molecule has 0 amide bonds. The summed E-state index contributed by atoms with van der Waals surface area (Å²) in [6.07, 6.45) is 7.55. The number of hydrogen-bond donors (Lipinski definition) is 1. The molecule has 0 aromatic heterocycles. The third-order valence-electron chi connectivity index (χ3n) is 2.98. The van der Waals surface area contributed by atoms with Gasteiger partial charge in [-0.05, 0) is 31.3 Å². The van der Waals surface area contributed by atoms with E-state index in [4.69, 9.17) is 9.47 Å². The topological polar surface area (TPSA) is 30.5 Å². The predicted molar refractivity (Wildman–Crippen MR) is 60.0 cm³/mol. The highest BCUT2D eigenvalue weighted by Crippen LogP contribution is 2.11. The van der Waals surface area contributed by atoms with Crippen molar-refractivity contribution >= 4 is 0 Å². The molecule has 0 radical (unpaired) electrons. The molecule has 86 valence electrons. The fraction of sp³-hybridized carbons (Fsp3) is 0.833. The van der Waals surface area contributed by atoms with Crippen LogP contribution in [0.1, 0.15) is 25.7 Å². The average Bonchev–Trinajstić information content (AvgIpc) is 2.32. The Morgan fingerprint density at radius 3 is 3.07 bits per heavy atom. The van der Waals surface area contributed by atoms with Gasteiger partial charge in [-0.3, -0.25) is 0 Å². The van der Waals surface area contributed by atoms with Crippen molar-refractivity contribution in [3.05, 3.63) is 11.6 Å². The summed E-state index contributed by atoms with van der Waals surface area (Å²) in [6, 6.07) is 0. The molecule has 2 aliphatic heterocycles. The lowest BCUT2D eigenvalue weighted by Gasteiger charge is -2.23. The van der Waals surface area contributed by atoms with Gasteiger partial charge in [-0.2, -0.15) is 0 Å². The molecule has 2 aliphatic rings. The van der Waals surface area contributed by atoms with Crippen LogP contribution in [0.25, 0.3) is 0 Å². The van der Waals surface area contributed by atoms with Crippen LogP contribution in [-0.2, 0) is 9.47 Å². The summed E-state index contributed by atoms with van der Waals surface area (Å²) in [4.78, 5) is 0. The summed E-state index contributed by atoms with van der Waals surface area (Å²) in [5.74, 6) is 0. The Morgan fingerprint density at radius 1 is 1.33 bits per heavy atom. The van der Waals surface area contributed by atoms with Gasteiger partial charge in [0.15, 0.2) is 0 Å². The van der Waals surface area contributed by atoms with E-state index in [-0.39, 0.29) is 0 Å². The summed E-state index contributed by atoms with van der Waals surface area (Å²) < 4.78 is 11.0. The van der Waals surface area contributed by atoms with Crippen molar-refractivity contribution in [2.75, 3.05) is 32.9 Å². The van der Waals surface area contributed by atoms with Crippen LogP contribution in [0.5, 0.6) is 0 Å². The van der Waals surface area contributed by atoms with Gasteiger partial charge in [0.05, 0.1) is 19.3 Å². The second kappa shape index (κ2) is 6.26. The molecule has 0 aromatic rings. The molecule has 15 heavy (non-hydrogen) atoms. The molecule has 3 heteroatoms. The SMILES string of the molecule is C1=C(CNCC2CCCCO2)COCC1. The molecule has 0 aromatic carbocycles. The maximum atomic E-state index is 5.65. The molecule has 1 unspecified atom stereocenters. The van der Waals surface area contributed by atoms with E-state index >= 15 is 0 Å². The zero-order chi connectivity index (χ0) is 10.3. The largest absolute Gasteiger partial charge is 0.377 e. The number of ether oxygens (including phenoxy) is 2. The Bertz CT molecular complexity index is 210. The molecule has 2 rings (SSSR count). The average molecular weight is 211 g/mol. The Balaban J connectivity index is 1.59. The Kier molecular flexibility index (Phi) is 4.64. The fourth-order valence-electron chi connectivity index (χ4n) is 2.09. The van der Waals surface area contributed by atoms with Crippen LogP contribution in [0.4, 0.5) is 0 Å². The van der Waals surface area contributed by atoms with Gasteiger partial charge in [0, 0.05) is 19.7 Å². The number of rotatable bonds is 4. The Labute approximate surface area is 91.8 Å². The van der Waals surface area contributed by atoms with Crippen molar-refractivity contribution in [2.45, 2.75) is 31.8 Å². The normalized spacial score (nSPS) is 27.5. The summed E-state index contributed by atoms with van der Waals surface area (Å²) in [5.41, 5.74) is 1.39. The van der Waals surface area contributed by atoms with Crippen LogP contribution < -0.4 is 5.32 Å². The van der Waals surface area contributed by atoms with Crippen LogP contribution in [0.3, 0.4) is 0 Å². The third-order valence-corrected chi connectivity index (χ3v) is 2.98. The third kappa shape index (κ3) is 3.93. The first-order chi connectivity index (χ1) is 7.45. The number of nitrogens with one attached hydrogen (secondary N) is 1. The molecule has 0 bridgehead atoms. The molecular weight excluding hydrogens is 190 g/mol. The molecule has 3 nitrogen and oxygen atoms in total. The first-order valence-corrected chi connectivity index (χ1v) is 6.03. The standard InChI is InChI=1S/C12H21NO2/c1-2-7-15-12(5-1)9-13-8-11-4-3-6-14-10-11/h4,12-13H,1-3,5-10H2. The van der Waals surface area contributed by atoms with Gasteiger partial charge in [-0.1, -0.05) is 6.08 Å². The van der Waals surface area contributed by atoms with E-state index < -0.39 is 0 Å². The van der Waals surface area contributed by atoms with Gasteiger partial charge < -0.3 is 14.8 Å². The highest BCUT2D eigenvalue weighted by molar-refractivity contribution is 5.06. The van der Waals surface area contributed by atoms with E-state index in [2.05, 4.69) is 11.4 Å². The highest BCUT2D eigenvalue weighted by Gasteiger charge is 2.13. The van der Waals surface area contributed by atoms with Crippen LogP contribution in [-0.4, -0.2) is 39.0 Å². The molecule has 0 spiro atoms. The Morgan fingerprint density at radius 2 is 2.33 bits per heavy atom. The van der Waals surface area contributed by atoms with Crippen LogP contribution >= 0.6 is 0 Å². The van der Waals surface area contributed by atoms with Crippen molar-refractivity contribution in [2.24, 2.45) is 0 Å². The van der Waals surface area contributed by atoms with Crippen molar-refractivity contribution in [1.29, 1.82) is 0 Å². The van der Waals surface area contributed by atoms with E-state index in [9.17, 15) is 0 Å². The molecule has 1 N–H and O–H groups in total. The van der Waals surface area contributed by atoms with E-state index in [1.807, 2.05) is 0 Å². The maximum Gasteiger partial charge on any atom is 0.0699 e. The fourth-order valence-corrected chi connectivity index (χ4v) is 2.09. The molecular formula is C12H21NO2. The predicted octanol–water partition coefficient (Wildman–Crippen LogP) is 1.49. The van der Waals surface area contributed by atoms with E-state index in [0.717, 1.165) is 39.3 Å². The zero-order valence-corrected chi connectivity index (χ0v) is 9.34. The summed E-state index contributed by atoms with van der Waals surface area (Å²) in [6.45, 7) is 4.57. The first-order valence-electron chi connectivity index (χ1n) is 6.03. The Hall–Kier alpha value is -0.380. The van der Waals surface area contributed by atoms with Crippen LogP contribution in [0.2, 0.25) is 0 Å². The lowest BCUT2D eigenvalue weighted by molar-refractivity contribution is 0.0172. The van der Waals surface area contributed by atoms with Gasteiger partial charge in [0.1, 0.15) is 0 Å². The monoisotopic (exact) mass is 211 g/mol. The van der Waals surface area contributed by atoms with Gasteiger partial charge in [-0.15, -0.1) is 0 Å². The highest BCUT2D eigenvalue weighted by atomic mass is 16.5. The molecule has 0 aliphatic carbocycles. The number of hydrogen-bond acceptors (Lipinski definition) is 3. The molecule has 1 atom stereocenters. The van der Waals surface area contributed by atoms with Crippen molar-refractivity contribution in [3.8, 4) is 0 Å². The van der Waals surface area contributed by atoms with Gasteiger partial charge >= 0.3 is 0 Å². The van der Waals surface area contributed by atoms with Gasteiger partial charge in [0.2, 0.25) is 0 Å². The second-order valence-corrected chi connectivity index (χ2v) is 4.32. The quantitative estimate of drug-likeness (QED) is 0.715. The van der Waals surface area contributed by atoms with Crippen LogP contribution in [0, 0.1) is 0 Å². The second-order valence-electron chi connectivity index (χ2n) is 4.32. The summed E-state index contributed by atoms with van der Waals surface area (Å²) in [7, 11) is 0.